The summed E-state index contributed by atoms with van der Waals surface area (Å²) in [6, 6.07) is 18.3. The average molecular weight is 401 g/mol. The maximum atomic E-state index is 12.8. The Balaban J connectivity index is 1.53. The van der Waals surface area contributed by atoms with Crippen LogP contribution in [0.2, 0.25) is 0 Å². The Labute approximate surface area is 177 Å². The number of rotatable bonds is 5. The lowest BCUT2D eigenvalue weighted by Crippen LogP contribution is -2.30. The zero-order chi connectivity index (χ0) is 21.1. The summed E-state index contributed by atoms with van der Waals surface area (Å²) in [7, 11) is 0. The maximum absolute atomic E-state index is 12.8. The minimum atomic E-state index is -0.0999. The third-order valence-corrected chi connectivity index (χ3v) is 5.62. The van der Waals surface area contributed by atoms with Crippen molar-refractivity contribution in [3.63, 3.8) is 0 Å². The second kappa shape index (κ2) is 8.67. The Morgan fingerprint density at radius 3 is 2.77 bits per heavy atom. The number of amides is 1. The fourth-order valence-corrected chi connectivity index (χ4v) is 4.19. The van der Waals surface area contributed by atoms with E-state index in [9.17, 15) is 4.79 Å². The number of nitrogens with one attached hydrogen (secondary N) is 2. The van der Waals surface area contributed by atoms with Crippen LogP contribution < -0.4 is 16.5 Å². The Hall–Kier alpha value is -3.18. The average Bonchev–Trinajstić information content (AvgIpc) is 2.73. The topological polar surface area (TPSA) is 79.5 Å². The number of hydrogen-bond acceptors (Lipinski definition) is 4. The SMILES string of the molecule is CC(C)CC1NCCc2cc(NC(=O)c3ccc4cc(C=NN)ccc4c3)ccc21. The molecule has 1 heterocycles. The summed E-state index contributed by atoms with van der Waals surface area (Å²) in [5.41, 5.74) is 5.10. The number of hydrogen-bond donors (Lipinski definition) is 3. The lowest BCUT2D eigenvalue weighted by molar-refractivity contribution is 0.102. The third-order valence-electron chi connectivity index (χ3n) is 5.62. The molecule has 1 aliphatic heterocycles. The lowest BCUT2D eigenvalue weighted by atomic mass is 9.89. The summed E-state index contributed by atoms with van der Waals surface area (Å²) < 4.78 is 0. The molecule has 3 aromatic carbocycles. The molecule has 5 nitrogen and oxygen atoms in total. The first-order valence-corrected chi connectivity index (χ1v) is 10.5. The van der Waals surface area contributed by atoms with Gasteiger partial charge in [0.1, 0.15) is 0 Å². The number of hydrazone groups is 1. The molecule has 1 unspecified atom stereocenters. The van der Waals surface area contributed by atoms with Crippen LogP contribution in [0.15, 0.2) is 59.7 Å². The molecule has 154 valence electrons. The van der Waals surface area contributed by atoms with Gasteiger partial charge in [-0.3, -0.25) is 4.79 Å². The van der Waals surface area contributed by atoms with E-state index < -0.39 is 0 Å². The van der Waals surface area contributed by atoms with Crippen molar-refractivity contribution in [3.05, 3.63) is 76.9 Å². The van der Waals surface area contributed by atoms with Crippen LogP contribution in [0.3, 0.4) is 0 Å². The van der Waals surface area contributed by atoms with Crippen molar-refractivity contribution in [2.24, 2.45) is 16.9 Å². The molecule has 0 saturated carbocycles. The van der Waals surface area contributed by atoms with Crippen LogP contribution in [0.5, 0.6) is 0 Å². The van der Waals surface area contributed by atoms with Gasteiger partial charge in [-0.2, -0.15) is 5.10 Å². The second-order valence-electron chi connectivity index (χ2n) is 8.35. The molecule has 4 rings (SSSR count). The predicted octanol–water partition coefficient (Wildman–Crippen LogP) is 4.62. The minimum absolute atomic E-state index is 0.0999. The summed E-state index contributed by atoms with van der Waals surface area (Å²) in [4.78, 5) is 12.8. The van der Waals surface area contributed by atoms with E-state index in [2.05, 4.69) is 41.7 Å². The van der Waals surface area contributed by atoms with Crippen molar-refractivity contribution in [3.8, 4) is 0 Å². The van der Waals surface area contributed by atoms with Crippen LogP contribution in [0.4, 0.5) is 5.69 Å². The zero-order valence-corrected chi connectivity index (χ0v) is 17.5. The summed E-state index contributed by atoms with van der Waals surface area (Å²) in [6.45, 7) is 5.48. The van der Waals surface area contributed by atoms with E-state index in [1.165, 1.54) is 11.1 Å². The van der Waals surface area contributed by atoms with Gasteiger partial charge in [0, 0.05) is 17.3 Å². The van der Waals surface area contributed by atoms with Gasteiger partial charge in [0.25, 0.3) is 5.91 Å². The number of carbonyl (C=O) groups is 1. The maximum Gasteiger partial charge on any atom is 0.255 e. The molecular formula is C25H28N4O. The van der Waals surface area contributed by atoms with Gasteiger partial charge in [-0.25, -0.2) is 0 Å². The van der Waals surface area contributed by atoms with Gasteiger partial charge in [-0.15, -0.1) is 0 Å². The van der Waals surface area contributed by atoms with E-state index in [0.717, 1.165) is 41.4 Å². The summed E-state index contributed by atoms with van der Waals surface area (Å²) in [5, 5.41) is 12.3. The summed E-state index contributed by atoms with van der Waals surface area (Å²) in [6.07, 6.45) is 3.71. The van der Waals surface area contributed by atoms with Gasteiger partial charge in [0.2, 0.25) is 0 Å². The molecule has 3 aromatic rings. The van der Waals surface area contributed by atoms with Crippen LogP contribution >= 0.6 is 0 Å². The van der Waals surface area contributed by atoms with Crippen LogP contribution in [-0.4, -0.2) is 18.7 Å². The quantitative estimate of drug-likeness (QED) is 0.332. The van der Waals surface area contributed by atoms with Crippen LogP contribution in [0.25, 0.3) is 10.8 Å². The Morgan fingerprint density at radius 1 is 1.17 bits per heavy atom. The van der Waals surface area contributed by atoms with Crippen LogP contribution in [0, 0.1) is 5.92 Å². The van der Waals surface area contributed by atoms with Crippen molar-refractivity contribution in [2.75, 3.05) is 11.9 Å². The van der Waals surface area contributed by atoms with Gasteiger partial charge in [-0.1, -0.05) is 38.1 Å². The van der Waals surface area contributed by atoms with Crippen molar-refractivity contribution in [1.29, 1.82) is 0 Å². The lowest BCUT2D eigenvalue weighted by Gasteiger charge is -2.28. The number of fused-ring (bicyclic) bond motifs is 2. The monoisotopic (exact) mass is 400 g/mol. The van der Waals surface area contributed by atoms with Crippen molar-refractivity contribution in [2.45, 2.75) is 32.7 Å². The third kappa shape index (κ3) is 4.36. The van der Waals surface area contributed by atoms with E-state index in [1.807, 2.05) is 42.5 Å². The minimum Gasteiger partial charge on any atom is -0.323 e. The first-order valence-electron chi connectivity index (χ1n) is 10.5. The molecule has 0 fully saturated rings. The number of benzene rings is 3. The Kier molecular flexibility index (Phi) is 5.81. The number of nitrogens with zero attached hydrogens (tertiary/aromatic N) is 1. The first kappa shape index (κ1) is 20.1. The number of nitrogens with two attached hydrogens (primary N) is 1. The molecule has 5 heteroatoms. The van der Waals surface area contributed by atoms with Gasteiger partial charge < -0.3 is 16.5 Å². The molecule has 0 bridgehead atoms. The fourth-order valence-electron chi connectivity index (χ4n) is 4.19. The summed E-state index contributed by atoms with van der Waals surface area (Å²) in [5.74, 6) is 5.76. The molecule has 4 N–H and O–H groups in total. The highest BCUT2D eigenvalue weighted by atomic mass is 16.1. The van der Waals surface area contributed by atoms with Crippen LogP contribution in [0.1, 0.15) is 53.4 Å². The molecule has 0 radical (unpaired) electrons. The van der Waals surface area contributed by atoms with E-state index in [4.69, 9.17) is 5.84 Å². The largest absolute Gasteiger partial charge is 0.323 e. The molecule has 0 aliphatic carbocycles. The first-order chi connectivity index (χ1) is 14.5. The molecule has 1 amide bonds. The van der Waals surface area contributed by atoms with E-state index >= 15 is 0 Å². The fraction of sp³-hybridized carbons (Fsp3) is 0.280. The van der Waals surface area contributed by atoms with Crippen molar-refractivity contribution < 1.29 is 4.79 Å². The molecule has 0 saturated heterocycles. The van der Waals surface area contributed by atoms with E-state index in [-0.39, 0.29) is 5.91 Å². The van der Waals surface area contributed by atoms with Gasteiger partial charge in [0.15, 0.2) is 0 Å². The number of carbonyl (C=O) groups excluding carboxylic acids is 1. The zero-order valence-electron chi connectivity index (χ0n) is 17.5. The van der Waals surface area contributed by atoms with Crippen LogP contribution in [-0.2, 0) is 6.42 Å². The smallest absolute Gasteiger partial charge is 0.255 e. The molecule has 0 aromatic heterocycles. The molecule has 1 aliphatic rings. The Bertz CT molecular complexity index is 1100. The predicted molar refractivity (Wildman–Crippen MR) is 124 cm³/mol. The number of anilines is 1. The molecule has 0 spiro atoms. The van der Waals surface area contributed by atoms with Gasteiger partial charge in [0.05, 0.1) is 6.21 Å². The summed E-state index contributed by atoms with van der Waals surface area (Å²) >= 11 is 0. The van der Waals surface area contributed by atoms with Crippen molar-refractivity contribution in [1.82, 2.24) is 5.32 Å². The molecular weight excluding hydrogens is 372 g/mol. The van der Waals surface area contributed by atoms with E-state index in [1.54, 1.807) is 6.21 Å². The highest BCUT2D eigenvalue weighted by Gasteiger charge is 2.21. The van der Waals surface area contributed by atoms with Gasteiger partial charge >= 0.3 is 0 Å². The van der Waals surface area contributed by atoms with Gasteiger partial charge in [-0.05, 0) is 83.1 Å². The molecule has 30 heavy (non-hydrogen) atoms. The highest BCUT2D eigenvalue weighted by Crippen LogP contribution is 2.30. The second-order valence-corrected chi connectivity index (χ2v) is 8.35. The van der Waals surface area contributed by atoms with Crippen molar-refractivity contribution >= 4 is 28.6 Å². The standard InChI is InChI=1S/C25H28N4O/c1-16(2)11-24-23-8-7-22(14-20(23)9-10-27-24)29-25(30)21-6-5-18-12-17(15-28-26)3-4-19(18)13-21/h3-8,12-16,24,27H,9-11,26H2,1-2H3,(H,29,30). The normalized spacial score (nSPS) is 16.2. The molecule has 1 atom stereocenters. The van der Waals surface area contributed by atoms with E-state index in [0.29, 0.717) is 17.5 Å². The highest BCUT2D eigenvalue weighted by molar-refractivity contribution is 6.06. The Morgan fingerprint density at radius 2 is 1.97 bits per heavy atom.